The van der Waals surface area contributed by atoms with Gasteiger partial charge in [-0.15, -0.1) is 0 Å². The Bertz CT molecular complexity index is 292. The second-order valence-electron chi connectivity index (χ2n) is 6.20. The third-order valence-corrected chi connectivity index (χ3v) is 4.93. The molecule has 0 aromatic carbocycles. The van der Waals surface area contributed by atoms with E-state index in [1.165, 1.54) is 19.5 Å². The molecule has 18 heavy (non-hydrogen) atoms. The Hall–Kier alpha value is -0.160. The van der Waals surface area contributed by atoms with E-state index in [1.807, 2.05) is 0 Å². The molecule has 104 valence electrons. The smallest absolute Gasteiger partial charge is 0.170 e. The molecule has 3 unspecified atom stereocenters. The van der Waals surface area contributed by atoms with Gasteiger partial charge in [-0.3, -0.25) is 4.90 Å². The van der Waals surface area contributed by atoms with E-state index in [0.29, 0.717) is 12.1 Å². The summed E-state index contributed by atoms with van der Waals surface area (Å²) in [7, 11) is 2.09. The monoisotopic (exact) mass is 254 g/mol. The summed E-state index contributed by atoms with van der Waals surface area (Å²) in [5.41, 5.74) is 0. The summed E-state index contributed by atoms with van der Waals surface area (Å²) in [5.74, 6) is 0.579. The molecule has 1 aliphatic carbocycles. The molecule has 2 aliphatic heterocycles. The van der Waals surface area contributed by atoms with Crippen LogP contribution in [0.25, 0.3) is 0 Å². The molecule has 3 fully saturated rings. The van der Waals surface area contributed by atoms with Gasteiger partial charge >= 0.3 is 0 Å². The van der Waals surface area contributed by atoms with Crippen LogP contribution in [0, 0.1) is 5.92 Å². The van der Waals surface area contributed by atoms with Crippen LogP contribution in [0.15, 0.2) is 0 Å². The highest BCUT2D eigenvalue weighted by molar-refractivity contribution is 4.97. The second-order valence-corrected chi connectivity index (χ2v) is 6.20. The van der Waals surface area contributed by atoms with Crippen LogP contribution in [0.1, 0.15) is 32.6 Å². The number of rotatable bonds is 2. The predicted molar refractivity (Wildman–Crippen MR) is 70.5 cm³/mol. The molecule has 3 rings (SSSR count). The largest absolute Gasteiger partial charge is 0.347 e. The van der Waals surface area contributed by atoms with Crippen molar-refractivity contribution < 1.29 is 9.47 Å². The van der Waals surface area contributed by atoms with Gasteiger partial charge < -0.3 is 14.8 Å². The van der Waals surface area contributed by atoms with Crippen molar-refractivity contribution in [3.63, 3.8) is 0 Å². The second kappa shape index (κ2) is 5.08. The summed E-state index contributed by atoms with van der Waals surface area (Å²) in [4.78, 5) is 2.65. The Balaban J connectivity index is 1.71. The lowest BCUT2D eigenvalue weighted by atomic mass is 9.84. The first kappa shape index (κ1) is 12.9. The van der Waals surface area contributed by atoms with Crippen molar-refractivity contribution in [3.05, 3.63) is 0 Å². The number of nitrogens with zero attached hydrogens (tertiary/aromatic N) is 1. The summed E-state index contributed by atoms with van der Waals surface area (Å²) >= 11 is 0. The molecular formula is C14H26N2O2. The molecule has 3 atom stereocenters. The molecule has 3 aliphatic rings. The number of nitrogens with one attached hydrogen (secondary N) is 1. The first-order chi connectivity index (χ1) is 8.72. The highest BCUT2D eigenvalue weighted by Gasteiger charge is 2.47. The Morgan fingerprint density at radius 2 is 2.00 bits per heavy atom. The van der Waals surface area contributed by atoms with Gasteiger partial charge in [0.1, 0.15) is 0 Å². The molecule has 0 amide bonds. The van der Waals surface area contributed by atoms with E-state index in [2.05, 4.69) is 24.2 Å². The third-order valence-electron chi connectivity index (χ3n) is 4.93. The fourth-order valence-corrected chi connectivity index (χ4v) is 3.88. The van der Waals surface area contributed by atoms with Crippen LogP contribution in [0.2, 0.25) is 0 Å². The van der Waals surface area contributed by atoms with E-state index in [0.717, 1.165) is 38.4 Å². The van der Waals surface area contributed by atoms with Gasteiger partial charge in [0.15, 0.2) is 5.79 Å². The van der Waals surface area contributed by atoms with Crippen molar-refractivity contribution in [1.29, 1.82) is 0 Å². The maximum absolute atomic E-state index is 5.91. The van der Waals surface area contributed by atoms with E-state index in [9.17, 15) is 0 Å². The van der Waals surface area contributed by atoms with E-state index in [4.69, 9.17) is 9.47 Å². The van der Waals surface area contributed by atoms with Crippen molar-refractivity contribution in [3.8, 4) is 0 Å². The molecule has 4 heteroatoms. The summed E-state index contributed by atoms with van der Waals surface area (Å²) in [5, 5.41) is 3.50. The van der Waals surface area contributed by atoms with Crippen molar-refractivity contribution in [2.75, 3.05) is 33.4 Å². The number of hydrogen-bond donors (Lipinski definition) is 1. The van der Waals surface area contributed by atoms with Crippen LogP contribution < -0.4 is 5.32 Å². The van der Waals surface area contributed by atoms with Crippen molar-refractivity contribution in [1.82, 2.24) is 10.2 Å². The van der Waals surface area contributed by atoms with Gasteiger partial charge in [0.25, 0.3) is 0 Å². The molecule has 1 saturated carbocycles. The van der Waals surface area contributed by atoms with Gasteiger partial charge in [-0.05, 0) is 32.4 Å². The van der Waals surface area contributed by atoms with Crippen molar-refractivity contribution in [2.24, 2.45) is 5.92 Å². The standard InChI is InChI=1S/C14H26N2O2/c1-11-4-6-16(10-11)13-9-14(17-7-8-18-14)5-3-12(13)15-2/h11-13,15H,3-10H2,1-2H3. The van der Waals surface area contributed by atoms with Gasteiger partial charge in [-0.2, -0.15) is 0 Å². The molecular weight excluding hydrogens is 228 g/mol. The molecule has 0 aromatic heterocycles. The Labute approximate surface area is 110 Å². The lowest BCUT2D eigenvalue weighted by Crippen LogP contribution is -2.56. The molecule has 2 heterocycles. The normalized spacial score (nSPS) is 40.7. The van der Waals surface area contributed by atoms with Gasteiger partial charge in [0, 0.05) is 31.5 Å². The highest BCUT2D eigenvalue weighted by atomic mass is 16.7. The van der Waals surface area contributed by atoms with Gasteiger partial charge in [-0.25, -0.2) is 0 Å². The van der Waals surface area contributed by atoms with E-state index in [1.54, 1.807) is 0 Å². The number of ether oxygens (including phenoxy) is 2. The van der Waals surface area contributed by atoms with E-state index >= 15 is 0 Å². The molecule has 1 spiro atoms. The van der Waals surface area contributed by atoms with Crippen LogP contribution in [0.3, 0.4) is 0 Å². The minimum absolute atomic E-state index is 0.260. The minimum Gasteiger partial charge on any atom is -0.347 e. The van der Waals surface area contributed by atoms with Gasteiger partial charge in [0.2, 0.25) is 0 Å². The van der Waals surface area contributed by atoms with Crippen LogP contribution in [-0.4, -0.2) is 56.1 Å². The summed E-state index contributed by atoms with van der Waals surface area (Å²) in [6, 6.07) is 1.17. The fourth-order valence-electron chi connectivity index (χ4n) is 3.88. The van der Waals surface area contributed by atoms with Crippen LogP contribution in [-0.2, 0) is 9.47 Å². The lowest BCUT2D eigenvalue weighted by Gasteiger charge is -2.44. The summed E-state index contributed by atoms with van der Waals surface area (Å²) in [6.07, 6.45) is 4.57. The van der Waals surface area contributed by atoms with Gasteiger partial charge in [-0.1, -0.05) is 6.92 Å². The van der Waals surface area contributed by atoms with Gasteiger partial charge in [0.05, 0.1) is 13.2 Å². The third kappa shape index (κ3) is 2.31. The first-order valence-corrected chi connectivity index (χ1v) is 7.42. The zero-order chi connectivity index (χ0) is 12.6. The molecule has 4 nitrogen and oxygen atoms in total. The quantitative estimate of drug-likeness (QED) is 0.803. The maximum atomic E-state index is 5.91. The van der Waals surface area contributed by atoms with E-state index < -0.39 is 0 Å². The zero-order valence-corrected chi connectivity index (χ0v) is 11.7. The van der Waals surface area contributed by atoms with Crippen molar-refractivity contribution in [2.45, 2.75) is 50.5 Å². The number of likely N-dealkylation sites (N-methyl/N-ethyl adjacent to an activating group) is 1. The average molecular weight is 254 g/mol. The average Bonchev–Trinajstić information content (AvgIpc) is 2.99. The highest BCUT2D eigenvalue weighted by Crippen LogP contribution is 2.39. The Morgan fingerprint density at radius 1 is 1.22 bits per heavy atom. The lowest BCUT2D eigenvalue weighted by molar-refractivity contribution is -0.192. The molecule has 0 radical (unpaired) electrons. The molecule has 0 aromatic rings. The molecule has 1 N–H and O–H groups in total. The molecule has 2 saturated heterocycles. The fraction of sp³-hybridized carbons (Fsp3) is 1.00. The Kier molecular flexibility index (Phi) is 3.63. The van der Waals surface area contributed by atoms with Crippen LogP contribution in [0.4, 0.5) is 0 Å². The van der Waals surface area contributed by atoms with Crippen molar-refractivity contribution >= 4 is 0 Å². The number of likely N-dealkylation sites (tertiary alicyclic amines) is 1. The topological polar surface area (TPSA) is 33.7 Å². The minimum atomic E-state index is -0.260. The number of hydrogen-bond acceptors (Lipinski definition) is 4. The van der Waals surface area contributed by atoms with Crippen LogP contribution >= 0.6 is 0 Å². The van der Waals surface area contributed by atoms with E-state index in [-0.39, 0.29) is 5.79 Å². The summed E-state index contributed by atoms with van der Waals surface area (Å²) in [6.45, 7) is 6.37. The zero-order valence-electron chi connectivity index (χ0n) is 11.7. The Morgan fingerprint density at radius 3 is 2.61 bits per heavy atom. The summed E-state index contributed by atoms with van der Waals surface area (Å²) < 4.78 is 11.8. The SMILES string of the molecule is CNC1CCC2(CC1N1CCC(C)C1)OCCO2. The maximum Gasteiger partial charge on any atom is 0.170 e. The predicted octanol–water partition coefficient (Wildman–Crippen LogP) is 1.21. The molecule has 0 bridgehead atoms. The first-order valence-electron chi connectivity index (χ1n) is 7.42. The van der Waals surface area contributed by atoms with Crippen LogP contribution in [0.5, 0.6) is 0 Å².